The van der Waals surface area contributed by atoms with Crippen LogP contribution < -0.4 is 5.32 Å². The highest BCUT2D eigenvalue weighted by Crippen LogP contribution is 2.45. The number of nitrogens with zero attached hydrogens (tertiary/aromatic N) is 1. The van der Waals surface area contributed by atoms with Gasteiger partial charge in [-0.1, -0.05) is 68.2 Å². The number of amides is 2. The molecule has 2 heterocycles. The molecule has 0 aliphatic carbocycles. The molecule has 0 spiro atoms. The van der Waals surface area contributed by atoms with Gasteiger partial charge in [-0.2, -0.15) is 0 Å². The van der Waals surface area contributed by atoms with E-state index in [9.17, 15) is 14.7 Å². The maximum Gasteiger partial charge on any atom is 0.417 e. The van der Waals surface area contributed by atoms with Crippen LogP contribution in [-0.4, -0.2) is 33.8 Å². The molecular formula is C27H28Cl2N2O4. The van der Waals surface area contributed by atoms with Crippen LogP contribution in [0.25, 0.3) is 11.4 Å². The maximum atomic E-state index is 13.5. The number of aliphatic hydroxyl groups is 1. The Balaban J connectivity index is 1.84. The van der Waals surface area contributed by atoms with E-state index in [0.717, 1.165) is 4.90 Å². The summed E-state index contributed by atoms with van der Waals surface area (Å²) >= 11 is 12.1. The van der Waals surface area contributed by atoms with Crippen LogP contribution in [0.5, 0.6) is 0 Å². The van der Waals surface area contributed by atoms with Gasteiger partial charge in [-0.15, -0.1) is 0 Å². The number of carbonyl (C=O) groups excluding carboxylic acids is 2. The Kier molecular flexibility index (Phi) is 6.51. The lowest BCUT2D eigenvalue weighted by Crippen LogP contribution is -2.42. The summed E-state index contributed by atoms with van der Waals surface area (Å²) in [7, 11) is 0. The molecule has 0 saturated carbocycles. The highest BCUT2D eigenvalue weighted by molar-refractivity contribution is 6.31. The molecule has 0 saturated heterocycles. The third-order valence-electron chi connectivity index (χ3n) is 5.75. The molecule has 1 atom stereocenters. The van der Waals surface area contributed by atoms with Crippen molar-refractivity contribution in [3.8, 4) is 0 Å². The molecule has 0 fully saturated rings. The summed E-state index contributed by atoms with van der Waals surface area (Å²) in [5.41, 5.74) is 1.53. The topological polar surface area (TPSA) is 78.9 Å². The Morgan fingerprint density at radius 3 is 2.00 bits per heavy atom. The molecule has 8 heteroatoms. The van der Waals surface area contributed by atoms with Gasteiger partial charge in [-0.3, -0.25) is 4.79 Å². The summed E-state index contributed by atoms with van der Waals surface area (Å²) in [5, 5.41) is 15.3. The fourth-order valence-corrected chi connectivity index (χ4v) is 5.13. The van der Waals surface area contributed by atoms with Crippen molar-refractivity contribution in [2.24, 2.45) is 5.41 Å². The summed E-state index contributed by atoms with van der Waals surface area (Å²) in [6.45, 7) is 9.85. The number of nitrogens with one attached hydrogen (secondary N) is 1. The lowest BCUT2D eigenvalue weighted by Gasteiger charge is -2.35. The predicted octanol–water partition coefficient (Wildman–Crippen LogP) is 6.23. The minimum atomic E-state index is -1.43. The molecule has 2 aliphatic heterocycles. The van der Waals surface area contributed by atoms with E-state index < -0.39 is 23.8 Å². The average molecular weight is 515 g/mol. The number of carbonyl (C=O) groups is 2. The zero-order chi connectivity index (χ0) is 25.7. The number of aliphatic hydroxyl groups excluding tert-OH is 1. The Bertz CT molecular complexity index is 1240. The second kappa shape index (κ2) is 9.01. The van der Waals surface area contributed by atoms with Crippen molar-refractivity contribution in [2.45, 2.75) is 52.9 Å². The molecule has 2 N–H and O–H groups in total. The van der Waals surface area contributed by atoms with Crippen LogP contribution in [0.3, 0.4) is 0 Å². The molecule has 184 valence electrons. The van der Waals surface area contributed by atoms with E-state index in [-0.39, 0.29) is 16.7 Å². The predicted molar refractivity (Wildman–Crippen MR) is 137 cm³/mol. The summed E-state index contributed by atoms with van der Waals surface area (Å²) in [6, 6.07) is 13.6. The van der Waals surface area contributed by atoms with Crippen molar-refractivity contribution >= 4 is 46.6 Å². The second-order valence-electron chi connectivity index (χ2n) is 10.6. The first-order chi connectivity index (χ1) is 16.3. The molecule has 0 radical (unpaired) electrons. The van der Waals surface area contributed by atoms with Crippen molar-refractivity contribution < 1.29 is 19.4 Å². The molecule has 0 bridgehead atoms. The molecule has 2 aromatic rings. The lowest BCUT2D eigenvalue weighted by molar-refractivity contribution is -0.115. The van der Waals surface area contributed by atoms with Crippen LogP contribution in [0.2, 0.25) is 10.0 Å². The fraction of sp³-hybridized carbons (Fsp3) is 0.333. The SMILES string of the molecule is CC(C)(C)CC(C)(C)OC(=O)N1C(c2ccc(Cl)cc2)=C2C(=O)NC(c3ccc(Cl)cc3)=C2C1O. The van der Waals surface area contributed by atoms with Crippen LogP contribution in [0.4, 0.5) is 4.79 Å². The molecule has 35 heavy (non-hydrogen) atoms. The van der Waals surface area contributed by atoms with Gasteiger partial charge in [0.1, 0.15) is 5.60 Å². The van der Waals surface area contributed by atoms with Crippen molar-refractivity contribution in [3.63, 3.8) is 0 Å². The Morgan fingerprint density at radius 1 is 0.971 bits per heavy atom. The number of benzene rings is 2. The molecule has 2 aliphatic rings. The monoisotopic (exact) mass is 514 g/mol. The van der Waals surface area contributed by atoms with Gasteiger partial charge < -0.3 is 15.2 Å². The van der Waals surface area contributed by atoms with Crippen LogP contribution in [0.15, 0.2) is 59.7 Å². The third kappa shape index (κ3) is 5.10. The van der Waals surface area contributed by atoms with Gasteiger partial charge in [0.05, 0.1) is 17.0 Å². The summed E-state index contributed by atoms with van der Waals surface area (Å²) in [4.78, 5) is 27.9. The van der Waals surface area contributed by atoms with Crippen LogP contribution >= 0.6 is 23.2 Å². The fourth-order valence-electron chi connectivity index (χ4n) is 4.88. The average Bonchev–Trinajstić information content (AvgIpc) is 3.22. The van der Waals surface area contributed by atoms with Crippen LogP contribution in [0, 0.1) is 5.41 Å². The number of ether oxygens (including phenoxy) is 1. The molecule has 2 aromatic carbocycles. The zero-order valence-corrected chi connectivity index (χ0v) is 21.8. The number of halogens is 2. The van der Waals surface area contributed by atoms with Gasteiger partial charge in [0.15, 0.2) is 6.23 Å². The third-order valence-corrected chi connectivity index (χ3v) is 6.26. The number of hydrogen-bond acceptors (Lipinski definition) is 4. The largest absolute Gasteiger partial charge is 0.443 e. The van der Waals surface area contributed by atoms with Gasteiger partial charge in [-0.25, -0.2) is 9.69 Å². The lowest BCUT2D eigenvalue weighted by atomic mass is 9.84. The van der Waals surface area contributed by atoms with E-state index in [1.807, 2.05) is 13.8 Å². The molecule has 0 aromatic heterocycles. The highest BCUT2D eigenvalue weighted by atomic mass is 35.5. The summed E-state index contributed by atoms with van der Waals surface area (Å²) in [5.74, 6) is -0.418. The summed E-state index contributed by atoms with van der Waals surface area (Å²) < 4.78 is 5.90. The van der Waals surface area contributed by atoms with E-state index in [1.165, 1.54) is 0 Å². The maximum absolute atomic E-state index is 13.5. The van der Waals surface area contributed by atoms with E-state index in [0.29, 0.717) is 38.9 Å². The highest BCUT2D eigenvalue weighted by Gasteiger charge is 2.49. The standard InChI is InChI=1S/C27H28Cl2N2O4/c1-26(2,3)14-27(4,5)35-25(34)31-22(16-8-12-18(29)13-9-16)20-19(24(31)33)21(30-23(20)32)15-6-10-17(28)11-7-15/h6-13,24,33H,14H2,1-5H3,(H,30,32). The van der Waals surface area contributed by atoms with Crippen molar-refractivity contribution in [1.29, 1.82) is 0 Å². The first kappa shape index (κ1) is 25.3. The normalized spacial score (nSPS) is 18.2. The van der Waals surface area contributed by atoms with E-state index in [2.05, 4.69) is 26.1 Å². The van der Waals surface area contributed by atoms with Crippen molar-refractivity contribution in [1.82, 2.24) is 10.2 Å². The van der Waals surface area contributed by atoms with Crippen molar-refractivity contribution in [3.05, 3.63) is 80.8 Å². The van der Waals surface area contributed by atoms with Gasteiger partial charge in [0.2, 0.25) is 0 Å². The quantitative estimate of drug-likeness (QED) is 0.506. The molecular weight excluding hydrogens is 487 g/mol. The van der Waals surface area contributed by atoms with Gasteiger partial charge >= 0.3 is 6.09 Å². The number of fused-ring (bicyclic) bond motifs is 1. The van der Waals surface area contributed by atoms with Crippen LogP contribution in [-0.2, 0) is 9.53 Å². The Hall–Kier alpha value is -2.80. The van der Waals surface area contributed by atoms with E-state index >= 15 is 0 Å². The zero-order valence-electron chi connectivity index (χ0n) is 20.3. The van der Waals surface area contributed by atoms with E-state index in [4.69, 9.17) is 27.9 Å². The molecule has 2 amide bonds. The van der Waals surface area contributed by atoms with E-state index in [1.54, 1.807) is 48.5 Å². The van der Waals surface area contributed by atoms with Gasteiger partial charge in [0, 0.05) is 15.6 Å². The van der Waals surface area contributed by atoms with Gasteiger partial charge in [-0.05, 0) is 61.1 Å². The molecule has 1 unspecified atom stereocenters. The number of hydrogen-bond donors (Lipinski definition) is 2. The molecule has 4 rings (SSSR count). The first-order valence-corrected chi connectivity index (χ1v) is 12.1. The summed E-state index contributed by atoms with van der Waals surface area (Å²) in [6.07, 6.45) is -1.57. The Morgan fingerprint density at radius 2 is 1.49 bits per heavy atom. The minimum Gasteiger partial charge on any atom is -0.443 e. The first-order valence-electron chi connectivity index (χ1n) is 11.3. The Labute approximate surface area is 215 Å². The number of rotatable bonds is 4. The second-order valence-corrected chi connectivity index (χ2v) is 11.5. The minimum absolute atomic E-state index is 0.0917. The smallest absolute Gasteiger partial charge is 0.417 e. The molecule has 6 nitrogen and oxygen atoms in total. The van der Waals surface area contributed by atoms with Crippen molar-refractivity contribution in [2.75, 3.05) is 0 Å². The van der Waals surface area contributed by atoms with Crippen LogP contribution in [0.1, 0.15) is 52.2 Å². The van der Waals surface area contributed by atoms with Gasteiger partial charge in [0.25, 0.3) is 5.91 Å².